The first kappa shape index (κ1) is 13.0. The van der Waals surface area contributed by atoms with Gasteiger partial charge in [0, 0.05) is 5.41 Å². The van der Waals surface area contributed by atoms with Crippen LogP contribution in [-0.4, -0.2) is 11.7 Å². The lowest BCUT2D eigenvalue weighted by atomic mass is 9.79. The van der Waals surface area contributed by atoms with Gasteiger partial charge in [0.25, 0.3) is 0 Å². The Labute approximate surface area is 98.8 Å². The number of aliphatic hydroxyl groups excluding tert-OH is 1. The topological polar surface area (TPSA) is 20.2 Å². The van der Waals surface area contributed by atoms with Crippen molar-refractivity contribution in [1.82, 2.24) is 0 Å². The molecule has 1 nitrogen and oxygen atoms in total. The van der Waals surface area contributed by atoms with Crippen LogP contribution in [0.25, 0.3) is 0 Å². The molecule has 1 heteroatoms. The summed E-state index contributed by atoms with van der Waals surface area (Å²) < 4.78 is 0. The molecule has 0 aliphatic carbocycles. The van der Waals surface area contributed by atoms with E-state index in [-0.39, 0.29) is 12.0 Å². The van der Waals surface area contributed by atoms with E-state index in [0.717, 1.165) is 25.7 Å². The van der Waals surface area contributed by atoms with E-state index in [1.807, 2.05) is 24.3 Å². The quantitative estimate of drug-likeness (QED) is 0.546. The molecule has 0 spiro atoms. The number of benzene rings is 1. The maximum Gasteiger partial charge on any atom is 0.0525 e. The molecule has 0 aliphatic heterocycles. The van der Waals surface area contributed by atoms with Crippen molar-refractivity contribution in [2.45, 2.75) is 38.0 Å². The van der Waals surface area contributed by atoms with Gasteiger partial charge in [0.1, 0.15) is 0 Å². The molecule has 1 rings (SSSR count). The molecule has 0 aliphatic rings. The van der Waals surface area contributed by atoms with E-state index in [2.05, 4.69) is 25.6 Å². The first-order chi connectivity index (χ1) is 7.73. The standard InChI is InChI=1S/C15H22O/c1-3-4-5-9-12-15(2,13-16)14-10-7-6-8-11-14/h3,6-8,10-11,16H,1,4-5,9,12-13H2,2H3. The maximum absolute atomic E-state index is 9.58. The third kappa shape index (κ3) is 3.49. The third-order valence-electron chi connectivity index (χ3n) is 3.21. The van der Waals surface area contributed by atoms with Crippen LogP contribution < -0.4 is 0 Å². The van der Waals surface area contributed by atoms with Gasteiger partial charge in [-0.2, -0.15) is 0 Å². The zero-order chi connectivity index (χ0) is 11.9. The Morgan fingerprint density at radius 2 is 1.94 bits per heavy atom. The van der Waals surface area contributed by atoms with E-state index in [1.165, 1.54) is 5.56 Å². The van der Waals surface area contributed by atoms with Gasteiger partial charge >= 0.3 is 0 Å². The van der Waals surface area contributed by atoms with Gasteiger partial charge in [0.2, 0.25) is 0 Å². The lowest BCUT2D eigenvalue weighted by Crippen LogP contribution is -2.26. The first-order valence-corrected chi connectivity index (χ1v) is 6.00. The molecule has 88 valence electrons. The Hall–Kier alpha value is -1.08. The van der Waals surface area contributed by atoms with Gasteiger partial charge in [-0.05, 0) is 24.8 Å². The Bertz CT molecular complexity index is 304. The molecule has 1 atom stereocenters. The van der Waals surface area contributed by atoms with Gasteiger partial charge in [0.15, 0.2) is 0 Å². The van der Waals surface area contributed by atoms with Crippen molar-refractivity contribution in [3.05, 3.63) is 48.6 Å². The van der Waals surface area contributed by atoms with Crippen molar-refractivity contribution in [3.63, 3.8) is 0 Å². The second-order valence-corrected chi connectivity index (χ2v) is 4.62. The SMILES string of the molecule is C=CCCCCC(C)(CO)c1ccccc1. The van der Waals surface area contributed by atoms with E-state index >= 15 is 0 Å². The van der Waals surface area contributed by atoms with Crippen LogP contribution in [0.5, 0.6) is 0 Å². The lowest BCUT2D eigenvalue weighted by molar-refractivity contribution is 0.194. The molecule has 16 heavy (non-hydrogen) atoms. The summed E-state index contributed by atoms with van der Waals surface area (Å²) in [7, 11) is 0. The van der Waals surface area contributed by atoms with Crippen LogP contribution in [0.1, 0.15) is 38.2 Å². The first-order valence-electron chi connectivity index (χ1n) is 6.00. The third-order valence-corrected chi connectivity index (χ3v) is 3.21. The normalized spacial score (nSPS) is 14.4. The van der Waals surface area contributed by atoms with Crippen molar-refractivity contribution < 1.29 is 5.11 Å². The van der Waals surface area contributed by atoms with Crippen molar-refractivity contribution >= 4 is 0 Å². The van der Waals surface area contributed by atoms with Gasteiger partial charge in [-0.1, -0.05) is 49.8 Å². The van der Waals surface area contributed by atoms with E-state index in [1.54, 1.807) is 0 Å². The highest BCUT2D eigenvalue weighted by Gasteiger charge is 2.24. The van der Waals surface area contributed by atoms with Crippen LogP contribution in [0.4, 0.5) is 0 Å². The molecular formula is C15H22O. The molecular weight excluding hydrogens is 196 g/mol. The zero-order valence-corrected chi connectivity index (χ0v) is 10.2. The number of allylic oxidation sites excluding steroid dienone is 1. The minimum atomic E-state index is -0.0948. The molecule has 0 bridgehead atoms. The fraction of sp³-hybridized carbons (Fsp3) is 0.467. The van der Waals surface area contributed by atoms with Crippen LogP contribution in [0, 0.1) is 0 Å². The molecule has 0 saturated heterocycles. The highest BCUT2D eigenvalue weighted by atomic mass is 16.3. The average Bonchev–Trinajstić information content (AvgIpc) is 2.35. The second kappa shape index (κ2) is 6.49. The van der Waals surface area contributed by atoms with Gasteiger partial charge in [-0.15, -0.1) is 6.58 Å². The summed E-state index contributed by atoms with van der Waals surface area (Å²) in [6, 6.07) is 10.3. The number of rotatable bonds is 7. The molecule has 1 aromatic rings. The van der Waals surface area contributed by atoms with Crippen molar-refractivity contribution in [1.29, 1.82) is 0 Å². The Kier molecular flexibility index (Phi) is 5.27. The van der Waals surface area contributed by atoms with Gasteiger partial charge < -0.3 is 5.11 Å². The minimum absolute atomic E-state index is 0.0948. The summed E-state index contributed by atoms with van der Waals surface area (Å²) in [6.07, 6.45) is 6.35. The maximum atomic E-state index is 9.58. The fourth-order valence-electron chi connectivity index (χ4n) is 1.96. The van der Waals surface area contributed by atoms with E-state index in [9.17, 15) is 5.11 Å². The highest BCUT2D eigenvalue weighted by molar-refractivity contribution is 5.24. The largest absolute Gasteiger partial charge is 0.395 e. The van der Waals surface area contributed by atoms with Crippen LogP contribution in [0.3, 0.4) is 0 Å². The molecule has 0 saturated carbocycles. The minimum Gasteiger partial charge on any atom is -0.395 e. The van der Waals surface area contributed by atoms with E-state index < -0.39 is 0 Å². The Morgan fingerprint density at radius 1 is 1.25 bits per heavy atom. The molecule has 0 heterocycles. The van der Waals surface area contributed by atoms with Crippen molar-refractivity contribution in [2.24, 2.45) is 0 Å². The van der Waals surface area contributed by atoms with Crippen LogP contribution >= 0.6 is 0 Å². The number of hydrogen-bond acceptors (Lipinski definition) is 1. The van der Waals surface area contributed by atoms with Crippen LogP contribution in [-0.2, 0) is 5.41 Å². The van der Waals surface area contributed by atoms with Crippen molar-refractivity contribution in [3.8, 4) is 0 Å². The predicted octanol–water partition coefficient (Wildman–Crippen LogP) is 3.68. The summed E-state index contributed by atoms with van der Waals surface area (Å²) in [6.45, 7) is 6.07. The lowest BCUT2D eigenvalue weighted by Gasteiger charge is -2.28. The predicted molar refractivity (Wildman–Crippen MR) is 69.5 cm³/mol. The summed E-state index contributed by atoms with van der Waals surface area (Å²) in [5.41, 5.74) is 1.14. The molecule has 0 radical (unpaired) electrons. The van der Waals surface area contributed by atoms with Gasteiger partial charge in [-0.3, -0.25) is 0 Å². The summed E-state index contributed by atoms with van der Waals surface area (Å²) in [4.78, 5) is 0. The van der Waals surface area contributed by atoms with Crippen LogP contribution in [0.15, 0.2) is 43.0 Å². The van der Waals surface area contributed by atoms with Gasteiger partial charge in [-0.25, -0.2) is 0 Å². The Balaban J connectivity index is 2.59. The zero-order valence-electron chi connectivity index (χ0n) is 10.2. The fourth-order valence-corrected chi connectivity index (χ4v) is 1.96. The van der Waals surface area contributed by atoms with E-state index in [0.29, 0.717) is 0 Å². The number of unbranched alkanes of at least 4 members (excludes halogenated alkanes) is 2. The summed E-state index contributed by atoms with van der Waals surface area (Å²) in [5.74, 6) is 0. The van der Waals surface area contributed by atoms with Gasteiger partial charge in [0.05, 0.1) is 6.61 Å². The molecule has 0 aromatic heterocycles. The molecule has 1 unspecified atom stereocenters. The monoisotopic (exact) mass is 218 g/mol. The summed E-state index contributed by atoms with van der Waals surface area (Å²) in [5, 5.41) is 9.58. The van der Waals surface area contributed by atoms with E-state index in [4.69, 9.17) is 0 Å². The summed E-state index contributed by atoms with van der Waals surface area (Å²) >= 11 is 0. The van der Waals surface area contributed by atoms with Crippen LogP contribution in [0.2, 0.25) is 0 Å². The molecule has 0 amide bonds. The van der Waals surface area contributed by atoms with Crippen molar-refractivity contribution in [2.75, 3.05) is 6.61 Å². The molecule has 1 N–H and O–H groups in total. The molecule has 0 fully saturated rings. The smallest absolute Gasteiger partial charge is 0.0525 e. The Morgan fingerprint density at radius 3 is 2.50 bits per heavy atom. The average molecular weight is 218 g/mol. The molecule has 1 aromatic carbocycles. The highest BCUT2D eigenvalue weighted by Crippen LogP contribution is 2.29. The second-order valence-electron chi connectivity index (χ2n) is 4.62. The number of aliphatic hydroxyl groups is 1. The number of hydrogen-bond donors (Lipinski definition) is 1.